The van der Waals surface area contributed by atoms with E-state index < -0.39 is 34.9 Å². The molecule has 4 aliphatic rings. The number of hydrogen-bond acceptors (Lipinski definition) is 6. The number of amides is 1. The van der Waals surface area contributed by atoms with Gasteiger partial charge in [-0.05, 0) is 43.6 Å². The van der Waals surface area contributed by atoms with E-state index in [1.165, 1.54) is 11.0 Å². The van der Waals surface area contributed by atoms with Crippen LogP contribution in [0.3, 0.4) is 0 Å². The van der Waals surface area contributed by atoms with Crippen LogP contribution in [0.25, 0.3) is 0 Å². The van der Waals surface area contributed by atoms with Crippen LogP contribution in [0.15, 0.2) is 6.07 Å². The molecule has 0 bridgehead atoms. The van der Waals surface area contributed by atoms with Gasteiger partial charge in [0.2, 0.25) is 0 Å². The zero-order chi connectivity index (χ0) is 27.1. The molecule has 200 valence electrons. The molecule has 0 radical (unpaired) electrons. The summed E-state index contributed by atoms with van der Waals surface area (Å²) in [5, 5.41) is 29.9. The highest BCUT2D eigenvalue weighted by molar-refractivity contribution is 6.02. The van der Waals surface area contributed by atoms with E-state index in [-0.39, 0.29) is 53.7 Å². The number of phenolic OH excluding ortho intramolecular Hbond substituents is 1. The minimum Gasteiger partial charge on any atom is -0.508 e. The van der Waals surface area contributed by atoms with Gasteiger partial charge >= 0.3 is 11.9 Å². The first-order chi connectivity index (χ1) is 17.2. The number of carboxylic acid groups (broad SMARTS) is 2. The molecule has 37 heavy (non-hydrogen) atoms. The van der Waals surface area contributed by atoms with Crippen LogP contribution in [0.2, 0.25) is 0 Å². The molecule has 3 N–H and O–H groups in total. The highest BCUT2D eigenvalue weighted by Crippen LogP contribution is 2.66. The number of fused-ring (bicyclic) bond motifs is 5. The van der Waals surface area contributed by atoms with E-state index >= 15 is 0 Å². The van der Waals surface area contributed by atoms with Gasteiger partial charge in [0.1, 0.15) is 28.9 Å². The summed E-state index contributed by atoms with van der Waals surface area (Å²) in [5.41, 5.74) is -0.148. The molecular formula is C28H35NO8. The lowest BCUT2D eigenvalue weighted by atomic mass is 9.44. The van der Waals surface area contributed by atoms with Gasteiger partial charge in [-0.2, -0.15) is 0 Å². The normalized spacial score (nSPS) is 32.5. The summed E-state index contributed by atoms with van der Waals surface area (Å²) in [4.78, 5) is 50.4. The quantitative estimate of drug-likeness (QED) is 0.540. The highest BCUT2D eigenvalue weighted by Gasteiger charge is 2.67. The molecule has 0 saturated heterocycles. The maximum atomic E-state index is 13.3. The SMILES string of the molecule is CC1CCC2C(C)(C)C(=O)CCC2(C)C12Cc1c(O)cc3c(c1O2)CN(C(CCC(=O)O)C(=O)O)C3=O. The Bertz CT molecular complexity index is 1220. The average Bonchev–Trinajstić information content (AvgIpc) is 3.36. The number of hydrogen-bond donors (Lipinski definition) is 3. The maximum Gasteiger partial charge on any atom is 0.326 e. The van der Waals surface area contributed by atoms with Crippen LogP contribution in [-0.4, -0.2) is 55.5 Å². The van der Waals surface area contributed by atoms with Gasteiger partial charge < -0.3 is 25.0 Å². The molecule has 9 heteroatoms. The van der Waals surface area contributed by atoms with Crippen LogP contribution in [0, 0.1) is 22.7 Å². The van der Waals surface area contributed by atoms with Gasteiger partial charge in [0.05, 0.1) is 12.1 Å². The lowest BCUT2D eigenvalue weighted by molar-refractivity contribution is -0.188. The zero-order valence-electron chi connectivity index (χ0n) is 21.8. The summed E-state index contributed by atoms with van der Waals surface area (Å²) >= 11 is 0. The number of ketones is 1. The first-order valence-electron chi connectivity index (χ1n) is 13.1. The molecular weight excluding hydrogens is 478 g/mol. The fraction of sp³-hybridized carbons (Fsp3) is 0.643. The minimum absolute atomic E-state index is 0.0258. The standard InChI is InChI=1S/C28H35NO8/c1-14-5-7-20-26(2,3)21(31)9-10-27(20,4)28(14)12-16-19(30)11-15-17(23(16)37-28)13-29(24(15)34)18(25(35)36)6-8-22(32)33/h11,14,18,20,30H,5-10,12-13H2,1-4H3,(H,32,33)(H,35,36). The van der Waals surface area contributed by atoms with E-state index in [0.717, 1.165) is 12.8 Å². The van der Waals surface area contributed by atoms with Gasteiger partial charge in [0.15, 0.2) is 0 Å². The largest absolute Gasteiger partial charge is 0.508 e. The number of nitrogens with zero attached hydrogens (tertiary/aromatic N) is 1. The average molecular weight is 514 g/mol. The fourth-order valence-electron chi connectivity index (χ4n) is 8.03. The molecule has 2 aliphatic carbocycles. The van der Waals surface area contributed by atoms with E-state index in [4.69, 9.17) is 9.84 Å². The summed E-state index contributed by atoms with van der Waals surface area (Å²) in [6, 6.07) is 0.0983. The fourth-order valence-corrected chi connectivity index (χ4v) is 8.03. The number of phenols is 1. The number of carboxylic acids is 2. The van der Waals surface area contributed by atoms with Crippen molar-refractivity contribution in [3.05, 3.63) is 22.8 Å². The Balaban J connectivity index is 1.55. The van der Waals surface area contributed by atoms with Crippen molar-refractivity contribution in [1.29, 1.82) is 0 Å². The number of benzene rings is 1. The maximum absolute atomic E-state index is 13.3. The lowest BCUT2D eigenvalue weighted by Crippen LogP contribution is -2.66. The summed E-state index contributed by atoms with van der Waals surface area (Å²) in [6.45, 7) is 8.38. The van der Waals surface area contributed by atoms with Crippen LogP contribution in [0.5, 0.6) is 11.5 Å². The van der Waals surface area contributed by atoms with Crippen LogP contribution in [-0.2, 0) is 27.3 Å². The van der Waals surface area contributed by atoms with E-state index in [2.05, 4.69) is 13.8 Å². The molecule has 1 aromatic rings. The molecule has 0 aromatic heterocycles. The molecule has 1 amide bonds. The van der Waals surface area contributed by atoms with Crippen molar-refractivity contribution in [3.63, 3.8) is 0 Å². The summed E-state index contributed by atoms with van der Waals surface area (Å²) < 4.78 is 6.92. The minimum atomic E-state index is -1.30. The van der Waals surface area contributed by atoms with Crippen LogP contribution < -0.4 is 4.74 Å². The topological polar surface area (TPSA) is 141 Å². The Morgan fingerprint density at radius 3 is 2.51 bits per heavy atom. The van der Waals surface area contributed by atoms with Crippen molar-refractivity contribution in [1.82, 2.24) is 4.90 Å². The van der Waals surface area contributed by atoms with Crippen molar-refractivity contribution in [3.8, 4) is 11.5 Å². The Hall–Kier alpha value is -3.10. The Kier molecular flexibility index (Phi) is 5.66. The Morgan fingerprint density at radius 1 is 1.16 bits per heavy atom. The third kappa shape index (κ3) is 3.42. The van der Waals surface area contributed by atoms with Crippen molar-refractivity contribution in [2.24, 2.45) is 22.7 Å². The number of carbonyl (C=O) groups is 4. The molecule has 2 fully saturated rings. The number of aliphatic carboxylic acids is 2. The van der Waals surface area contributed by atoms with Crippen molar-refractivity contribution >= 4 is 23.6 Å². The molecule has 2 saturated carbocycles. The molecule has 9 nitrogen and oxygen atoms in total. The Labute approximate surface area is 215 Å². The van der Waals surface area contributed by atoms with E-state index in [0.29, 0.717) is 36.1 Å². The summed E-state index contributed by atoms with van der Waals surface area (Å²) in [7, 11) is 0. The smallest absolute Gasteiger partial charge is 0.326 e. The number of ether oxygens (including phenoxy) is 1. The predicted molar refractivity (Wildman–Crippen MR) is 131 cm³/mol. The van der Waals surface area contributed by atoms with Crippen LogP contribution in [0.4, 0.5) is 0 Å². The number of Topliss-reactive ketones (excluding diaryl/α,β-unsaturated/α-hetero) is 1. The molecule has 5 rings (SSSR count). The first kappa shape index (κ1) is 25.5. The van der Waals surface area contributed by atoms with Crippen molar-refractivity contribution in [2.75, 3.05) is 0 Å². The van der Waals surface area contributed by atoms with Crippen molar-refractivity contribution in [2.45, 2.75) is 90.8 Å². The predicted octanol–water partition coefficient (Wildman–Crippen LogP) is 3.78. The lowest BCUT2D eigenvalue weighted by Gasteiger charge is -2.62. The molecule has 2 heterocycles. The first-order valence-corrected chi connectivity index (χ1v) is 13.1. The van der Waals surface area contributed by atoms with Crippen LogP contribution in [0.1, 0.15) is 87.7 Å². The molecule has 5 unspecified atom stereocenters. The van der Waals surface area contributed by atoms with E-state index in [9.17, 15) is 29.4 Å². The van der Waals surface area contributed by atoms with Gasteiger partial charge in [0.25, 0.3) is 5.91 Å². The molecule has 1 aromatic carbocycles. The number of carbonyl (C=O) groups excluding carboxylic acids is 2. The van der Waals surface area contributed by atoms with Gasteiger partial charge in [0, 0.05) is 41.2 Å². The second-order valence-electron chi connectivity index (χ2n) is 12.2. The third-order valence-corrected chi connectivity index (χ3v) is 10.2. The van der Waals surface area contributed by atoms with Gasteiger partial charge in [-0.1, -0.05) is 27.7 Å². The second kappa shape index (κ2) is 8.20. The summed E-state index contributed by atoms with van der Waals surface area (Å²) in [5.74, 6) is -2.07. The highest BCUT2D eigenvalue weighted by atomic mass is 16.5. The van der Waals surface area contributed by atoms with E-state index in [1.54, 1.807) is 0 Å². The second-order valence-corrected chi connectivity index (χ2v) is 12.2. The number of rotatable bonds is 5. The molecule has 2 aliphatic heterocycles. The third-order valence-electron chi connectivity index (χ3n) is 10.2. The van der Waals surface area contributed by atoms with Gasteiger partial charge in [-0.25, -0.2) is 4.79 Å². The number of aromatic hydroxyl groups is 1. The summed E-state index contributed by atoms with van der Waals surface area (Å²) in [6.07, 6.45) is 2.79. The Morgan fingerprint density at radius 2 is 1.86 bits per heavy atom. The molecule has 1 spiro atoms. The molecule has 5 atom stereocenters. The van der Waals surface area contributed by atoms with Gasteiger partial charge in [-0.3, -0.25) is 14.4 Å². The van der Waals surface area contributed by atoms with Gasteiger partial charge in [-0.15, -0.1) is 0 Å². The monoisotopic (exact) mass is 513 g/mol. The zero-order valence-corrected chi connectivity index (χ0v) is 21.8. The van der Waals surface area contributed by atoms with Crippen molar-refractivity contribution < 1.29 is 39.2 Å². The van der Waals surface area contributed by atoms with Crippen LogP contribution >= 0.6 is 0 Å². The van der Waals surface area contributed by atoms with E-state index in [1.807, 2.05) is 13.8 Å².